The Kier molecular flexibility index (Phi) is 5.58. The minimum absolute atomic E-state index is 0.0916. The maximum Gasteiger partial charge on any atom is 0.326 e. The number of halogens is 1. The van der Waals surface area contributed by atoms with Gasteiger partial charge in [0.15, 0.2) is 0 Å². The van der Waals surface area contributed by atoms with Gasteiger partial charge in [0.25, 0.3) is 0 Å². The van der Waals surface area contributed by atoms with Crippen molar-refractivity contribution in [3.63, 3.8) is 0 Å². The molecule has 1 rings (SSSR count). The summed E-state index contributed by atoms with van der Waals surface area (Å²) in [4.78, 5) is 11.5. The molecule has 1 unspecified atom stereocenters. The summed E-state index contributed by atoms with van der Waals surface area (Å²) in [5.74, 6) is -0.395. The van der Waals surface area contributed by atoms with Gasteiger partial charge in [0, 0.05) is 12.1 Å². The van der Waals surface area contributed by atoms with E-state index in [1.54, 1.807) is 12.1 Å². The van der Waals surface area contributed by atoms with Crippen LogP contribution in [0.15, 0.2) is 24.3 Å². The lowest BCUT2D eigenvalue weighted by Crippen LogP contribution is -2.45. The largest absolute Gasteiger partial charge is 0.491 e. The number of nitrogens with one attached hydrogen (secondary N) is 1. The molecule has 0 aliphatic rings. The van der Waals surface area contributed by atoms with Crippen molar-refractivity contribution >= 4 is 5.97 Å². The summed E-state index contributed by atoms with van der Waals surface area (Å²) in [6.45, 7) is 3.92. The van der Waals surface area contributed by atoms with Gasteiger partial charge < -0.3 is 9.47 Å². The first-order valence-electron chi connectivity index (χ1n) is 5.75. The van der Waals surface area contributed by atoms with E-state index in [4.69, 9.17) is 4.74 Å². The number of hydrogen-bond donors (Lipinski definition) is 1. The first-order chi connectivity index (χ1) is 8.52. The van der Waals surface area contributed by atoms with Gasteiger partial charge in [-0.25, -0.2) is 4.39 Å². The number of hydrogen-bond acceptors (Lipinski definition) is 4. The molecule has 0 fully saturated rings. The van der Waals surface area contributed by atoms with E-state index in [9.17, 15) is 9.18 Å². The van der Waals surface area contributed by atoms with Crippen LogP contribution in [0.25, 0.3) is 0 Å². The average molecular weight is 255 g/mol. The van der Waals surface area contributed by atoms with Crippen LogP contribution in [0.3, 0.4) is 0 Å². The van der Waals surface area contributed by atoms with Crippen molar-refractivity contribution in [3.05, 3.63) is 30.1 Å². The van der Waals surface area contributed by atoms with Gasteiger partial charge in [0.1, 0.15) is 24.2 Å². The van der Waals surface area contributed by atoms with Crippen molar-refractivity contribution in [1.29, 1.82) is 0 Å². The Hall–Kier alpha value is -1.62. The fourth-order valence-electron chi connectivity index (χ4n) is 1.47. The number of benzene rings is 1. The summed E-state index contributed by atoms with van der Waals surface area (Å²) < 4.78 is 23.0. The molecule has 0 saturated heterocycles. The Morgan fingerprint density at radius 2 is 2.17 bits per heavy atom. The number of rotatable bonds is 6. The van der Waals surface area contributed by atoms with E-state index in [1.807, 2.05) is 13.8 Å². The van der Waals surface area contributed by atoms with Crippen LogP contribution >= 0.6 is 0 Å². The number of carbonyl (C=O) groups excluding carboxylic acids is 1. The van der Waals surface area contributed by atoms with Gasteiger partial charge in [-0.2, -0.15) is 0 Å². The molecule has 18 heavy (non-hydrogen) atoms. The number of methoxy groups -OCH3 is 1. The van der Waals surface area contributed by atoms with Crippen LogP contribution in [0, 0.1) is 5.82 Å². The van der Waals surface area contributed by atoms with E-state index < -0.39 is 12.0 Å². The second kappa shape index (κ2) is 6.96. The predicted octanol–water partition coefficient (Wildman–Crippen LogP) is 1.74. The van der Waals surface area contributed by atoms with Crippen LogP contribution in [-0.2, 0) is 9.53 Å². The normalized spacial score (nSPS) is 12.3. The standard InChI is InChI=1S/C13H18FNO3/c1-9(2)15-12(13(16)17-3)8-18-11-6-4-5-10(14)7-11/h4-7,9,12,15H,8H2,1-3H3. The Morgan fingerprint density at radius 1 is 1.44 bits per heavy atom. The quantitative estimate of drug-likeness (QED) is 0.787. The number of ether oxygens (including phenoxy) is 2. The van der Waals surface area contributed by atoms with Crippen LogP contribution in [-0.4, -0.2) is 31.8 Å². The fraction of sp³-hybridized carbons (Fsp3) is 0.462. The molecular weight excluding hydrogens is 237 g/mol. The summed E-state index contributed by atoms with van der Waals surface area (Å²) in [5.41, 5.74) is 0. The molecule has 1 N–H and O–H groups in total. The van der Waals surface area contributed by atoms with Gasteiger partial charge in [-0.3, -0.25) is 10.1 Å². The van der Waals surface area contributed by atoms with Crippen molar-refractivity contribution in [2.45, 2.75) is 25.9 Å². The molecule has 0 spiro atoms. The second-order valence-electron chi connectivity index (χ2n) is 4.17. The van der Waals surface area contributed by atoms with Crippen molar-refractivity contribution < 1.29 is 18.7 Å². The third-order valence-corrected chi connectivity index (χ3v) is 2.23. The minimum atomic E-state index is -0.571. The highest BCUT2D eigenvalue weighted by atomic mass is 19.1. The van der Waals surface area contributed by atoms with Crippen molar-refractivity contribution in [3.8, 4) is 5.75 Å². The Bertz CT molecular complexity index is 396. The highest BCUT2D eigenvalue weighted by molar-refractivity contribution is 5.75. The zero-order chi connectivity index (χ0) is 13.5. The SMILES string of the molecule is COC(=O)C(COc1cccc(F)c1)NC(C)C. The molecule has 1 aromatic carbocycles. The van der Waals surface area contributed by atoms with E-state index in [0.29, 0.717) is 5.75 Å². The Morgan fingerprint density at radius 3 is 2.72 bits per heavy atom. The smallest absolute Gasteiger partial charge is 0.326 e. The van der Waals surface area contributed by atoms with Crippen LogP contribution in [0.1, 0.15) is 13.8 Å². The summed E-state index contributed by atoms with van der Waals surface area (Å²) in [5, 5.41) is 3.02. The second-order valence-corrected chi connectivity index (χ2v) is 4.17. The number of esters is 1. The molecule has 0 heterocycles. The molecule has 1 aromatic rings. The van der Waals surface area contributed by atoms with Crippen molar-refractivity contribution in [2.24, 2.45) is 0 Å². The van der Waals surface area contributed by atoms with Gasteiger partial charge in [0.2, 0.25) is 0 Å². The minimum Gasteiger partial charge on any atom is -0.491 e. The maximum atomic E-state index is 12.9. The molecule has 100 valence electrons. The molecule has 5 heteroatoms. The molecule has 0 bridgehead atoms. The lowest BCUT2D eigenvalue weighted by molar-refractivity contribution is -0.144. The zero-order valence-corrected chi connectivity index (χ0v) is 10.8. The molecule has 0 amide bonds. The molecule has 0 aliphatic carbocycles. The van der Waals surface area contributed by atoms with E-state index in [2.05, 4.69) is 10.1 Å². The van der Waals surface area contributed by atoms with E-state index in [1.165, 1.54) is 19.2 Å². The van der Waals surface area contributed by atoms with Gasteiger partial charge >= 0.3 is 5.97 Å². The molecular formula is C13H18FNO3. The van der Waals surface area contributed by atoms with Crippen molar-refractivity contribution in [1.82, 2.24) is 5.32 Å². The Labute approximate surface area is 106 Å². The van der Waals surface area contributed by atoms with Gasteiger partial charge in [0.05, 0.1) is 7.11 Å². The molecule has 1 atom stereocenters. The average Bonchev–Trinajstić information content (AvgIpc) is 2.33. The zero-order valence-electron chi connectivity index (χ0n) is 10.8. The van der Waals surface area contributed by atoms with Crippen molar-refractivity contribution in [2.75, 3.05) is 13.7 Å². The summed E-state index contributed by atoms with van der Waals surface area (Å²) >= 11 is 0. The third-order valence-electron chi connectivity index (χ3n) is 2.23. The first-order valence-corrected chi connectivity index (χ1v) is 5.75. The molecule has 0 radical (unpaired) electrons. The van der Waals surface area contributed by atoms with E-state index in [-0.39, 0.29) is 18.5 Å². The van der Waals surface area contributed by atoms with E-state index in [0.717, 1.165) is 0 Å². The van der Waals surface area contributed by atoms with Crippen LogP contribution < -0.4 is 10.1 Å². The summed E-state index contributed by atoms with van der Waals surface area (Å²) in [6, 6.07) is 5.32. The van der Waals surface area contributed by atoms with Crippen LogP contribution in [0.5, 0.6) is 5.75 Å². The highest BCUT2D eigenvalue weighted by Crippen LogP contribution is 2.12. The molecule has 0 saturated carbocycles. The Balaban J connectivity index is 2.58. The number of carbonyl (C=O) groups is 1. The fourth-order valence-corrected chi connectivity index (χ4v) is 1.47. The van der Waals surface area contributed by atoms with Crippen LogP contribution in [0.2, 0.25) is 0 Å². The lowest BCUT2D eigenvalue weighted by Gasteiger charge is -2.19. The van der Waals surface area contributed by atoms with Crippen LogP contribution in [0.4, 0.5) is 4.39 Å². The van der Waals surface area contributed by atoms with E-state index >= 15 is 0 Å². The summed E-state index contributed by atoms with van der Waals surface area (Å²) in [7, 11) is 1.32. The maximum absolute atomic E-state index is 12.9. The van der Waals surface area contributed by atoms with Gasteiger partial charge in [-0.15, -0.1) is 0 Å². The summed E-state index contributed by atoms with van der Waals surface area (Å²) in [6.07, 6.45) is 0. The van der Waals surface area contributed by atoms with Gasteiger partial charge in [-0.05, 0) is 12.1 Å². The third kappa shape index (κ3) is 4.71. The predicted molar refractivity (Wildman–Crippen MR) is 66.0 cm³/mol. The monoisotopic (exact) mass is 255 g/mol. The molecule has 4 nitrogen and oxygen atoms in total. The first kappa shape index (κ1) is 14.4. The molecule has 0 aromatic heterocycles. The molecule has 0 aliphatic heterocycles. The lowest BCUT2D eigenvalue weighted by atomic mass is 10.2. The topological polar surface area (TPSA) is 47.6 Å². The van der Waals surface area contributed by atoms with Gasteiger partial charge in [-0.1, -0.05) is 19.9 Å². The highest BCUT2D eigenvalue weighted by Gasteiger charge is 2.20.